The van der Waals surface area contributed by atoms with E-state index in [1.165, 1.54) is 37.4 Å². The Morgan fingerprint density at radius 1 is 0.720 bits per heavy atom. The van der Waals surface area contributed by atoms with E-state index in [1.807, 2.05) is 18.2 Å². The first-order valence-electron chi connectivity index (χ1n) is 7.38. The Bertz CT molecular complexity index is 1120. The van der Waals surface area contributed by atoms with Gasteiger partial charge in [-0.3, -0.25) is 4.72 Å². The fraction of sp³-hybridized carbons (Fsp3) is 0.0588. The minimum absolute atomic E-state index is 0.0584. The monoisotopic (exact) mass is 376 g/mol. The molecule has 8 heteroatoms. The number of hydrogen-bond acceptors (Lipinski definition) is 4. The highest BCUT2D eigenvalue weighted by Crippen LogP contribution is 2.25. The van der Waals surface area contributed by atoms with Crippen molar-refractivity contribution in [1.82, 2.24) is 4.72 Å². The van der Waals surface area contributed by atoms with Crippen LogP contribution in [0.2, 0.25) is 0 Å². The summed E-state index contributed by atoms with van der Waals surface area (Å²) in [6, 6.07) is 17.7. The molecule has 0 atom stereocenters. The van der Waals surface area contributed by atoms with Crippen molar-refractivity contribution in [1.29, 1.82) is 0 Å². The molecule has 0 fully saturated rings. The first kappa shape index (κ1) is 17.4. The van der Waals surface area contributed by atoms with Gasteiger partial charge in [0.1, 0.15) is 0 Å². The lowest BCUT2D eigenvalue weighted by Gasteiger charge is -2.11. The van der Waals surface area contributed by atoms with Crippen LogP contribution in [-0.2, 0) is 20.0 Å². The fourth-order valence-corrected chi connectivity index (χ4v) is 4.48. The van der Waals surface area contributed by atoms with Gasteiger partial charge in [-0.2, -0.15) is 0 Å². The summed E-state index contributed by atoms with van der Waals surface area (Å²) in [6.45, 7) is 0. The van der Waals surface area contributed by atoms with Crippen molar-refractivity contribution in [3.63, 3.8) is 0 Å². The molecule has 0 saturated carbocycles. The molecule has 0 saturated heterocycles. The third-order valence-electron chi connectivity index (χ3n) is 3.72. The Hall–Kier alpha value is -2.42. The predicted molar refractivity (Wildman–Crippen MR) is 97.4 cm³/mol. The van der Waals surface area contributed by atoms with E-state index in [-0.39, 0.29) is 15.5 Å². The Morgan fingerprint density at radius 3 is 2.04 bits per heavy atom. The van der Waals surface area contributed by atoms with Crippen molar-refractivity contribution in [2.24, 2.45) is 0 Å². The molecule has 3 aromatic rings. The van der Waals surface area contributed by atoms with Crippen LogP contribution < -0.4 is 9.44 Å². The average Bonchev–Trinajstić information content (AvgIpc) is 2.61. The second-order valence-corrected chi connectivity index (χ2v) is 8.85. The molecule has 0 heterocycles. The maximum Gasteiger partial charge on any atom is 0.262 e. The minimum atomic E-state index is -3.81. The second-order valence-electron chi connectivity index (χ2n) is 5.31. The summed E-state index contributed by atoms with van der Waals surface area (Å²) in [7, 11) is -6.06. The molecule has 0 amide bonds. The molecule has 3 aromatic carbocycles. The molecule has 130 valence electrons. The number of anilines is 1. The van der Waals surface area contributed by atoms with E-state index in [9.17, 15) is 16.8 Å². The van der Waals surface area contributed by atoms with Gasteiger partial charge in [-0.15, -0.1) is 0 Å². The molecule has 0 radical (unpaired) electrons. The van der Waals surface area contributed by atoms with Crippen molar-refractivity contribution >= 4 is 36.5 Å². The molecule has 0 aromatic heterocycles. The number of rotatable bonds is 5. The zero-order valence-electron chi connectivity index (χ0n) is 13.3. The first-order chi connectivity index (χ1) is 11.8. The Kier molecular flexibility index (Phi) is 4.51. The van der Waals surface area contributed by atoms with Crippen LogP contribution in [0.5, 0.6) is 0 Å². The molecule has 0 aliphatic rings. The van der Waals surface area contributed by atoms with Crippen LogP contribution in [0.15, 0.2) is 76.5 Å². The van der Waals surface area contributed by atoms with Crippen LogP contribution in [-0.4, -0.2) is 23.9 Å². The summed E-state index contributed by atoms with van der Waals surface area (Å²) >= 11 is 0. The summed E-state index contributed by atoms with van der Waals surface area (Å²) < 4.78 is 53.5. The highest BCUT2D eigenvalue weighted by molar-refractivity contribution is 7.93. The van der Waals surface area contributed by atoms with E-state index in [4.69, 9.17) is 0 Å². The fourth-order valence-electron chi connectivity index (χ4n) is 2.46. The van der Waals surface area contributed by atoms with E-state index in [0.29, 0.717) is 5.39 Å². The van der Waals surface area contributed by atoms with Crippen LogP contribution in [0.4, 0.5) is 5.69 Å². The Morgan fingerprint density at radius 2 is 1.36 bits per heavy atom. The molecule has 0 bridgehead atoms. The summed E-state index contributed by atoms with van der Waals surface area (Å²) in [5, 5.41) is 1.44. The zero-order chi connectivity index (χ0) is 18.1. The minimum Gasteiger partial charge on any atom is -0.280 e. The lowest BCUT2D eigenvalue weighted by atomic mass is 10.1. The van der Waals surface area contributed by atoms with Gasteiger partial charge in [-0.1, -0.05) is 36.4 Å². The van der Waals surface area contributed by atoms with Crippen molar-refractivity contribution in [2.45, 2.75) is 9.79 Å². The molecule has 6 nitrogen and oxygen atoms in total. The molecule has 0 unspecified atom stereocenters. The largest absolute Gasteiger partial charge is 0.280 e. The van der Waals surface area contributed by atoms with Crippen molar-refractivity contribution in [2.75, 3.05) is 11.8 Å². The molecule has 0 aliphatic carbocycles. The lowest BCUT2D eigenvalue weighted by Crippen LogP contribution is -2.18. The number of sulfonamides is 2. The highest BCUT2D eigenvalue weighted by atomic mass is 32.2. The van der Waals surface area contributed by atoms with Crippen LogP contribution in [0, 0.1) is 0 Å². The van der Waals surface area contributed by atoms with Gasteiger partial charge in [-0.05, 0) is 42.8 Å². The maximum atomic E-state index is 12.7. The number of benzene rings is 3. The zero-order valence-corrected chi connectivity index (χ0v) is 14.9. The van der Waals surface area contributed by atoms with E-state index >= 15 is 0 Å². The van der Waals surface area contributed by atoms with Crippen LogP contribution in [0.25, 0.3) is 10.8 Å². The number of nitrogens with one attached hydrogen (secondary N) is 2. The summed E-state index contributed by atoms with van der Waals surface area (Å²) in [4.78, 5) is 0.223. The van der Waals surface area contributed by atoms with E-state index in [1.54, 1.807) is 18.2 Å². The lowest BCUT2D eigenvalue weighted by molar-refractivity contribution is 0.588. The van der Waals surface area contributed by atoms with Gasteiger partial charge in [-0.25, -0.2) is 21.6 Å². The van der Waals surface area contributed by atoms with Gasteiger partial charge in [0, 0.05) is 11.1 Å². The van der Waals surface area contributed by atoms with Gasteiger partial charge >= 0.3 is 0 Å². The molecule has 0 aliphatic heterocycles. The van der Waals surface area contributed by atoms with Crippen molar-refractivity contribution in [3.8, 4) is 0 Å². The van der Waals surface area contributed by atoms with Crippen LogP contribution >= 0.6 is 0 Å². The summed E-state index contributed by atoms with van der Waals surface area (Å²) in [5.41, 5.74) is 0.281. The Labute approximate surface area is 146 Å². The molecule has 0 spiro atoms. The predicted octanol–water partition coefficient (Wildman–Crippen LogP) is 2.55. The average molecular weight is 376 g/mol. The van der Waals surface area contributed by atoms with Crippen molar-refractivity contribution in [3.05, 3.63) is 66.7 Å². The highest BCUT2D eigenvalue weighted by Gasteiger charge is 2.18. The quantitative estimate of drug-likeness (QED) is 0.716. The van der Waals surface area contributed by atoms with Gasteiger partial charge in [0.25, 0.3) is 10.0 Å². The number of hydrogen-bond donors (Lipinski definition) is 2. The molecule has 3 rings (SSSR count). The molecular formula is C17H16N2O4S2. The third-order valence-corrected chi connectivity index (χ3v) is 6.59. The SMILES string of the molecule is CNS(=O)(=O)c1ccc(NS(=O)(=O)c2cccc3ccccc23)cc1. The topological polar surface area (TPSA) is 92.3 Å². The molecular weight excluding hydrogens is 360 g/mol. The smallest absolute Gasteiger partial charge is 0.262 e. The van der Waals surface area contributed by atoms with Crippen LogP contribution in [0.3, 0.4) is 0 Å². The van der Waals surface area contributed by atoms with E-state index < -0.39 is 20.0 Å². The first-order valence-corrected chi connectivity index (χ1v) is 10.3. The summed E-state index contributed by atoms with van der Waals surface area (Å²) in [6.07, 6.45) is 0. The van der Waals surface area contributed by atoms with Gasteiger partial charge in [0.2, 0.25) is 10.0 Å². The number of fused-ring (bicyclic) bond motifs is 1. The van der Waals surface area contributed by atoms with Gasteiger partial charge in [0.15, 0.2) is 0 Å². The van der Waals surface area contributed by atoms with Crippen molar-refractivity contribution < 1.29 is 16.8 Å². The Balaban J connectivity index is 1.96. The molecule has 2 N–H and O–H groups in total. The van der Waals surface area contributed by atoms with Crippen LogP contribution in [0.1, 0.15) is 0 Å². The standard InChI is InChI=1S/C17H16N2O4S2/c1-18-24(20,21)15-11-9-14(10-12-15)19-25(22,23)17-8-4-6-13-5-2-3-7-16(13)17/h2-12,18-19H,1H3. The normalized spacial score (nSPS) is 12.2. The van der Waals surface area contributed by atoms with Gasteiger partial charge < -0.3 is 0 Å². The van der Waals surface area contributed by atoms with E-state index in [0.717, 1.165) is 5.39 Å². The summed E-state index contributed by atoms with van der Waals surface area (Å²) in [5.74, 6) is 0. The van der Waals surface area contributed by atoms with E-state index in [2.05, 4.69) is 9.44 Å². The maximum absolute atomic E-state index is 12.7. The third kappa shape index (κ3) is 3.51. The molecule has 25 heavy (non-hydrogen) atoms. The van der Waals surface area contributed by atoms with Gasteiger partial charge in [0.05, 0.1) is 9.79 Å². The second kappa shape index (κ2) is 6.47.